The number of nitrogens with zero attached hydrogens (tertiary/aromatic N) is 2. The van der Waals surface area contributed by atoms with Gasteiger partial charge in [-0.05, 0) is 37.5 Å². The molecule has 1 aromatic heterocycles. The van der Waals surface area contributed by atoms with Gasteiger partial charge in [-0.25, -0.2) is 4.98 Å². The average Bonchev–Trinajstić information content (AvgIpc) is 2.77. The van der Waals surface area contributed by atoms with Gasteiger partial charge in [0.2, 0.25) is 5.95 Å². The number of anilines is 1. The summed E-state index contributed by atoms with van der Waals surface area (Å²) in [4.78, 5) is 4.48. The van der Waals surface area contributed by atoms with E-state index in [0.717, 1.165) is 17.5 Å². The van der Waals surface area contributed by atoms with E-state index < -0.39 is 0 Å². The molecule has 1 heterocycles. The normalized spacial score (nSPS) is 12.7. The summed E-state index contributed by atoms with van der Waals surface area (Å²) in [6.07, 6.45) is 0.949. The smallest absolute Gasteiger partial charge is 0.201 e. The Balaban J connectivity index is 2.03. The highest BCUT2D eigenvalue weighted by atomic mass is 15.2. The number of nitrogen functional groups attached to an aromatic ring is 1. The van der Waals surface area contributed by atoms with Crippen LogP contribution in [0.1, 0.15) is 24.1 Å². The van der Waals surface area contributed by atoms with Gasteiger partial charge in [0, 0.05) is 6.04 Å². The highest BCUT2D eigenvalue weighted by Gasteiger charge is 2.15. The summed E-state index contributed by atoms with van der Waals surface area (Å²) in [7, 11) is 0. The number of aryl methyl sites for hydroxylation is 1. The SMILES string of the molecule is Cc1cccc2nc(N)n(C(C)Cc3ccccc3)c12. The molecule has 0 bridgehead atoms. The lowest BCUT2D eigenvalue weighted by Gasteiger charge is -2.17. The maximum atomic E-state index is 6.13. The Hall–Kier alpha value is -2.29. The number of nitrogens with two attached hydrogens (primary N) is 1. The lowest BCUT2D eigenvalue weighted by Crippen LogP contribution is -2.11. The van der Waals surface area contributed by atoms with E-state index in [1.54, 1.807) is 0 Å². The van der Waals surface area contributed by atoms with Crippen molar-refractivity contribution in [1.29, 1.82) is 0 Å². The van der Waals surface area contributed by atoms with E-state index in [9.17, 15) is 0 Å². The Labute approximate surface area is 119 Å². The molecular weight excluding hydrogens is 246 g/mol. The molecule has 3 nitrogen and oxygen atoms in total. The van der Waals surface area contributed by atoms with Crippen molar-refractivity contribution in [2.75, 3.05) is 5.73 Å². The Bertz CT molecular complexity index is 729. The van der Waals surface area contributed by atoms with Crippen molar-refractivity contribution >= 4 is 17.0 Å². The van der Waals surface area contributed by atoms with E-state index in [0.29, 0.717) is 5.95 Å². The van der Waals surface area contributed by atoms with Crippen molar-refractivity contribution in [2.24, 2.45) is 0 Å². The second-order valence-electron chi connectivity index (χ2n) is 5.32. The molecule has 0 amide bonds. The number of rotatable bonds is 3. The Morgan fingerprint density at radius 3 is 2.60 bits per heavy atom. The fourth-order valence-corrected chi connectivity index (χ4v) is 2.83. The highest BCUT2D eigenvalue weighted by molar-refractivity contribution is 5.81. The summed E-state index contributed by atoms with van der Waals surface area (Å²) in [6.45, 7) is 4.30. The van der Waals surface area contributed by atoms with Gasteiger partial charge in [0.05, 0.1) is 11.0 Å². The molecule has 0 aliphatic carbocycles. The molecule has 2 aromatic carbocycles. The van der Waals surface area contributed by atoms with E-state index >= 15 is 0 Å². The first kappa shape index (κ1) is 12.7. The van der Waals surface area contributed by atoms with Crippen molar-refractivity contribution in [1.82, 2.24) is 9.55 Å². The minimum Gasteiger partial charge on any atom is -0.369 e. The van der Waals surface area contributed by atoms with Crippen molar-refractivity contribution in [2.45, 2.75) is 26.3 Å². The van der Waals surface area contributed by atoms with Gasteiger partial charge in [-0.1, -0.05) is 42.5 Å². The van der Waals surface area contributed by atoms with Crippen molar-refractivity contribution in [3.63, 3.8) is 0 Å². The molecular formula is C17H19N3. The molecule has 3 aromatic rings. The maximum absolute atomic E-state index is 6.13. The van der Waals surface area contributed by atoms with Crippen molar-refractivity contribution in [3.05, 3.63) is 59.7 Å². The number of hydrogen-bond donors (Lipinski definition) is 1. The van der Waals surface area contributed by atoms with Gasteiger partial charge in [-0.2, -0.15) is 0 Å². The molecule has 102 valence electrons. The fourth-order valence-electron chi connectivity index (χ4n) is 2.83. The van der Waals surface area contributed by atoms with Gasteiger partial charge >= 0.3 is 0 Å². The minimum atomic E-state index is 0.281. The third-order valence-electron chi connectivity index (χ3n) is 3.75. The Morgan fingerprint density at radius 1 is 1.10 bits per heavy atom. The number of hydrogen-bond acceptors (Lipinski definition) is 2. The molecule has 0 saturated heterocycles. The van der Waals surface area contributed by atoms with E-state index in [1.165, 1.54) is 11.1 Å². The molecule has 1 unspecified atom stereocenters. The lowest BCUT2D eigenvalue weighted by atomic mass is 10.1. The molecule has 0 radical (unpaired) electrons. The summed E-state index contributed by atoms with van der Waals surface area (Å²) >= 11 is 0. The average molecular weight is 265 g/mol. The topological polar surface area (TPSA) is 43.8 Å². The molecule has 0 aliphatic rings. The van der Waals surface area contributed by atoms with Crippen LogP contribution in [0.4, 0.5) is 5.95 Å². The van der Waals surface area contributed by atoms with E-state index in [-0.39, 0.29) is 6.04 Å². The molecule has 2 N–H and O–H groups in total. The molecule has 0 saturated carbocycles. The van der Waals surface area contributed by atoms with Crippen LogP contribution in [0.25, 0.3) is 11.0 Å². The molecule has 3 rings (SSSR count). The number of imidazole rings is 1. The number of aromatic nitrogens is 2. The number of para-hydroxylation sites is 1. The first-order valence-electron chi connectivity index (χ1n) is 6.94. The summed E-state index contributed by atoms with van der Waals surface area (Å²) in [5.41, 5.74) is 10.8. The first-order chi connectivity index (χ1) is 9.66. The van der Waals surface area contributed by atoms with Crippen LogP contribution in [0.3, 0.4) is 0 Å². The standard InChI is InChI=1S/C17H19N3/c1-12-7-6-10-15-16(12)20(17(18)19-15)13(2)11-14-8-4-3-5-9-14/h3-10,13H,11H2,1-2H3,(H2,18,19). The van der Waals surface area contributed by atoms with Gasteiger partial charge in [0.15, 0.2) is 0 Å². The van der Waals surface area contributed by atoms with Crippen LogP contribution in [-0.4, -0.2) is 9.55 Å². The quantitative estimate of drug-likeness (QED) is 0.784. The molecule has 20 heavy (non-hydrogen) atoms. The molecule has 0 aliphatic heterocycles. The monoisotopic (exact) mass is 265 g/mol. The summed E-state index contributed by atoms with van der Waals surface area (Å²) < 4.78 is 2.15. The molecule has 1 atom stereocenters. The van der Waals surface area contributed by atoms with E-state index in [2.05, 4.69) is 53.7 Å². The van der Waals surface area contributed by atoms with Crippen LogP contribution in [0, 0.1) is 6.92 Å². The number of benzene rings is 2. The van der Waals surface area contributed by atoms with Gasteiger partial charge in [-0.3, -0.25) is 0 Å². The Kier molecular flexibility index (Phi) is 3.18. The predicted octanol–water partition coefficient (Wildman–Crippen LogP) is 3.73. The van der Waals surface area contributed by atoms with Crippen molar-refractivity contribution in [3.8, 4) is 0 Å². The van der Waals surface area contributed by atoms with Crippen LogP contribution < -0.4 is 5.73 Å². The van der Waals surface area contributed by atoms with E-state index in [1.807, 2.05) is 18.2 Å². The number of fused-ring (bicyclic) bond motifs is 1. The van der Waals surface area contributed by atoms with Crippen LogP contribution in [0.2, 0.25) is 0 Å². The minimum absolute atomic E-state index is 0.281. The van der Waals surface area contributed by atoms with E-state index in [4.69, 9.17) is 5.73 Å². The Morgan fingerprint density at radius 2 is 1.85 bits per heavy atom. The zero-order valence-electron chi connectivity index (χ0n) is 11.9. The van der Waals surface area contributed by atoms with Crippen LogP contribution in [0.15, 0.2) is 48.5 Å². The molecule has 0 fully saturated rings. The second kappa shape index (κ2) is 5.00. The van der Waals surface area contributed by atoms with Crippen LogP contribution >= 0.6 is 0 Å². The van der Waals surface area contributed by atoms with Gasteiger partial charge in [0.1, 0.15) is 0 Å². The second-order valence-corrected chi connectivity index (χ2v) is 5.32. The van der Waals surface area contributed by atoms with Crippen molar-refractivity contribution < 1.29 is 0 Å². The summed E-state index contributed by atoms with van der Waals surface area (Å²) in [5, 5.41) is 0. The van der Waals surface area contributed by atoms with Gasteiger partial charge < -0.3 is 10.3 Å². The highest BCUT2D eigenvalue weighted by Crippen LogP contribution is 2.27. The van der Waals surface area contributed by atoms with Crippen LogP contribution in [0.5, 0.6) is 0 Å². The van der Waals surface area contributed by atoms with Crippen LogP contribution in [-0.2, 0) is 6.42 Å². The zero-order chi connectivity index (χ0) is 14.1. The summed E-state index contributed by atoms with van der Waals surface area (Å²) in [6, 6.07) is 16.9. The maximum Gasteiger partial charge on any atom is 0.201 e. The first-order valence-corrected chi connectivity index (χ1v) is 6.94. The summed E-state index contributed by atoms with van der Waals surface area (Å²) in [5.74, 6) is 0.595. The van der Waals surface area contributed by atoms with Gasteiger partial charge in [0.25, 0.3) is 0 Å². The molecule has 3 heteroatoms. The zero-order valence-corrected chi connectivity index (χ0v) is 11.9. The largest absolute Gasteiger partial charge is 0.369 e. The predicted molar refractivity (Wildman–Crippen MR) is 83.7 cm³/mol. The third kappa shape index (κ3) is 2.16. The fraction of sp³-hybridized carbons (Fsp3) is 0.235. The lowest BCUT2D eigenvalue weighted by molar-refractivity contribution is 0.566. The third-order valence-corrected chi connectivity index (χ3v) is 3.75. The molecule has 0 spiro atoms. The van der Waals surface area contributed by atoms with Gasteiger partial charge in [-0.15, -0.1) is 0 Å².